The van der Waals surface area contributed by atoms with Gasteiger partial charge in [0.25, 0.3) is 0 Å². The molecule has 0 heterocycles. The summed E-state index contributed by atoms with van der Waals surface area (Å²) in [4.78, 5) is 22.6. The highest BCUT2D eigenvalue weighted by Gasteiger charge is 2.17. The zero-order chi connectivity index (χ0) is 15.3. The van der Waals surface area contributed by atoms with Crippen LogP contribution in [-0.2, 0) is 4.79 Å². The predicted octanol–water partition coefficient (Wildman–Crippen LogP) is 1.34. The molecule has 7 heteroatoms. The second kappa shape index (κ2) is 6.69. The minimum absolute atomic E-state index is 0.0266. The van der Waals surface area contributed by atoms with Crippen molar-refractivity contribution in [1.82, 2.24) is 5.32 Å². The van der Waals surface area contributed by atoms with E-state index in [0.29, 0.717) is 0 Å². The van der Waals surface area contributed by atoms with Gasteiger partial charge in [-0.2, -0.15) is 0 Å². The van der Waals surface area contributed by atoms with Crippen LogP contribution in [0, 0.1) is 0 Å². The minimum Gasteiger partial charge on any atom is -0.478 e. The van der Waals surface area contributed by atoms with E-state index < -0.39 is 11.5 Å². The van der Waals surface area contributed by atoms with Gasteiger partial charge in [0.05, 0.1) is 29.4 Å². The molecule has 1 rings (SSSR count). The molecule has 4 N–H and O–H groups in total. The molecule has 0 radical (unpaired) electrons. The molecule has 110 valence electrons. The van der Waals surface area contributed by atoms with Crippen LogP contribution in [0.3, 0.4) is 0 Å². The number of halogens is 1. The number of carbonyl (C=O) groups excluding carboxylic acids is 1. The van der Waals surface area contributed by atoms with Crippen LogP contribution in [0.4, 0.5) is 5.69 Å². The lowest BCUT2D eigenvalue weighted by molar-refractivity contribution is -0.115. The molecule has 0 unspecified atom stereocenters. The zero-order valence-electron chi connectivity index (χ0n) is 11.2. The SMILES string of the molecule is CC(C)(CO)NCC(=O)Nc1cc(C(=O)O)ccc1Cl. The van der Waals surface area contributed by atoms with E-state index >= 15 is 0 Å². The fourth-order valence-electron chi connectivity index (χ4n) is 1.32. The van der Waals surface area contributed by atoms with Crippen LogP contribution in [-0.4, -0.2) is 40.8 Å². The topological polar surface area (TPSA) is 98.7 Å². The van der Waals surface area contributed by atoms with Gasteiger partial charge in [-0.1, -0.05) is 11.6 Å². The second-order valence-electron chi connectivity index (χ2n) is 4.94. The third-order valence-electron chi connectivity index (χ3n) is 2.61. The molecule has 0 aromatic heterocycles. The summed E-state index contributed by atoms with van der Waals surface area (Å²) in [5.41, 5.74) is -0.308. The van der Waals surface area contributed by atoms with E-state index in [1.54, 1.807) is 13.8 Å². The van der Waals surface area contributed by atoms with Crippen molar-refractivity contribution in [1.29, 1.82) is 0 Å². The molecule has 1 amide bonds. The molecule has 0 spiro atoms. The molecule has 0 bridgehead atoms. The average molecular weight is 301 g/mol. The van der Waals surface area contributed by atoms with Gasteiger partial charge >= 0.3 is 5.97 Å². The van der Waals surface area contributed by atoms with Gasteiger partial charge in [-0.05, 0) is 32.0 Å². The van der Waals surface area contributed by atoms with E-state index in [1.807, 2.05) is 0 Å². The number of carboxylic acid groups (broad SMARTS) is 1. The Bertz CT molecular complexity index is 517. The van der Waals surface area contributed by atoms with Crippen molar-refractivity contribution in [2.75, 3.05) is 18.5 Å². The third-order valence-corrected chi connectivity index (χ3v) is 2.94. The van der Waals surface area contributed by atoms with Crippen molar-refractivity contribution in [3.05, 3.63) is 28.8 Å². The number of aliphatic hydroxyl groups is 1. The van der Waals surface area contributed by atoms with Crippen LogP contribution >= 0.6 is 11.6 Å². The van der Waals surface area contributed by atoms with E-state index in [9.17, 15) is 9.59 Å². The van der Waals surface area contributed by atoms with Crippen LogP contribution < -0.4 is 10.6 Å². The van der Waals surface area contributed by atoms with Crippen molar-refractivity contribution in [3.63, 3.8) is 0 Å². The number of rotatable bonds is 6. The predicted molar refractivity (Wildman–Crippen MR) is 76.2 cm³/mol. The maximum absolute atomic E-state index is 11.7. The molecule has 0 saturated heterocycles. The van der Waals surface area contributed by atoms with E-state index in [1.165, 1.54) is 18.2 Å². The molecule has 0 aliphatic heterocycles. The first kappa shape index (κ1) is 16.4. The summed E-state index contributed by atoms with van der Waals surface area (Å²) in [5.74, 6) is -1.48. The Labute approximate surface area is 121 Å². The molecule has 0 aliphatic rings. The van der Waals surface area contributed by atoms with Crippen LogP contribution in [0.5, 0.6) is 0 Å². The Balaban J connectivity index is 2.71. The average Bonchev–Trinajstić information content (AvgIpc) is 2.39. The summed E-state index contributed by atoms with van der Waals surface area (Å²) in [6, 6.07) is 4.05. The highest BCUT2D eigenvalue weighted by molar-refractivity contribution is 6.33. The molecule has 6 nitrogen and oxygen atoms in total. The van der Waals surface area contributed by atoms with Gasteiger partial charge < -0.3 is 20.8 Å². The van der Waals surface area contributed by atoms with Gasteiger partial charge in [0.1, 0.15) is 0 Å². The number of anilines is 1. The quantitative estimate of drug-likeness (QED) is 0.635. The summed E-state index contributed by atoms with van der Waals surface area (Å²) in [6.07, 6.45) is 0. The maximum atomic E-state index is 11.7. The molecule has 1 aromatic rings. The molecular weight excluding hydrogens is 284 g/mol. The number of hydrogen-bond donors (Lipinski definition) is 4. The molecule has 0 aliphatic carbocycles. The highest BCUT2D eigenvalue weighted by atomic mass is 35.5. The van der Waals surface area contributed by atoms with Crippen molar-refractivity contribution in [2.45, 2.75) is 19.4 Å². The number of aliphatic hydroxyl groups excluding tert-OH is 1. The van der Waals surface area contributed by atoms with E-state index in [0.717, 1.165) is 0 Å². The molecule has 1 aromatic carbocycles. The summed E-state index contributed by atoms with van der Waals surface area (Å²) in [5, 5.41) is 23.6. The third kappa shape index (κ3) is 4.80. The Morgan fingerprint density at radius 3 is 2.55 bits per heavy atom. The Morgan fingerprint density at radius 2 is 2.00 bits per heavy atom. The number of nitrogens with one attached hydrogen (secondary N) is 2. The number of hydrogen-bond acceptors (Lipinski definition) is 4. The van der Waals surface area contributed by atoms with Gasteiger partial charge in [-0.3, -0.25) is 4.79 Å². The monoisotopic (exact) mass is 300 g/mol. The molecular formula is C13H17ClN2O4. The fraction of sp³-hybridized carbons (Fsp3) is 0.385. The summed E-state index contributed by atoms with van der Waals surface area (Å²) >= 11 is 5.89. The number of carboxylic acids is 1. The van der Waals surface area contributed by atoms with Gasteiger partial charge in [-0.25, -0.2) is 4.79 Å². The summed E-state index contributed by atoms with van der Waals surface area (Å²) in [6.45, 7) is 3.35. The van der Waals surface area contributed by atoms with Gasteiger partial charge in [0.2, 0.25) is 5.91 Å². The largest absolute Gasteiger partial charge is 0.478 e. The number of carbonyl (C=O) groups is 2. The first-order valence-electron chi connectivity index (χ1n) is 5.94. The zero-order valence-corrected chi connectivity index (χ0v) is 12.0. The summed E-state index contributed by atoms with van der Waals surface area (Å²) in [7, 11) is 0. The van der Waals surface area contributed by atoms with Crippen molar-refractivity contribution in [2.24, 2.45) is 0 Å². The smallest absolute Gasteiger partial charge is 0.335 e. The van der Waals surface area contributed by atoms with E-state index in [2.05, 4.69) is 10.6 Å². The van der Waals surface area contributed by atoms with Crippen molar-refractivity contribution < 1.29 is 19.8 Å². The molecule has 20 heavy (non-hydrogen) atoms. The lowest BCUT2D eigenvalue weighted by atomic mass is 10.1. The Hall–Kier alpha value is -1.63. The van der Waals surface area contributed by atoms with Crippen LogP contribution in [0.15, 0.2) is 18.2 Å². The van der Waals surface area contributed by atoms with Crippen LogP contribution in [0.1, 0.15) is 24.2 Å². The maximum Gasteiger partial charge on any atom is 0.335 e. The van der Waals surface area contributed by atoms with E-state index in [-0.39, 0.29) is 35.3 Å². The summed E-state index contributed by atoms with van der Waals surface area (Å²) < 4.78 is 0. The second-order valence-corrected chi connectivity index (χ2v) is 5.35. The lowest BCUT2D eigenvalue weighted by Gasteiger charge is -2.23. The van der Waals surface area contributed by atoms with E-state index in [4.69, 9.17) is 21.8 Å². The van der Waals surface area contributed by atoms with Gasteiger partial charge in [0.15, 0.2) is 0 Å². The minimum atomic E-state index is -1.10. The fourth-order valence-corrected chi connectivity index (χ4v) is 1.49. The van der Waals surface area contributed by atoms with Crippen LogP contribution in [0.25, 0.3) is 0 Å². The molecule has 0 fully saturated rings. The molecule has 0 saturated carbocycles. The standard InChI is InChI=1S/C13H17ClN2O4/c1-13(2,7-17)15-6-11(18)16-10-5-8(12(19)20)3-4-9(10)14/h3-5,15,17H,6-7H2,1-2H3,(H,16,18)(H,19,20). The Kier molecular flexibility index (Phi) is 5.50. The number of aromatic carboxylic acids is 1. The Morgan fingerprint density at radius 1 is 1.35 bits per heavy atom. The van der Waals surface area contributed by atoms with Gasteiger partial charge in [-0.15, -0.1) is 0 Å². The lowest BCUT2D eigenvalue weighted by Crippen LogP contribution is -2.46. The molecule has 0 atom stereocenters. The van der Waals surface area contributed by atoms with Gasteiger partial charge in [0, 0.05) is 5.54 Å². The first-order chi connectivity index (χ1) is 9.25. The van der Waals surface area contributed by atoms with Crippen molar-refractivity contribution >= 4 is 29.2 Å². The number of benzene rings is 1. The number of amides is 1. The van der Waals surface area contributed by atoms with Crippen LogP contribution in [0.2, 0.25) is 5.02 Å². The first-order valence-corrected chi connectivity index (χ1v) is 6.31. The highest BCUT2D eigenvalue weighted by Crippen LogP contribution is 2.23. The normalized spacial score (nSPS) is 11.2. The van der Waals surface area contributed by atoms with Crippen molar-refractivity contribution in [3.8, 4) is 0 Å².